The molecule has 2 aromatic rings. The fourth-order valence-electron chi connectivity index (χ4n) is 4.36. The number of hydrogen-bond acceptors (Lipinski definition) is 5. The SMILES string of the molecule is COc1cccc(C(=O)N[C@@H](CC(C)(C)C)C(=O)N[C@H](CC#N)CC2CNc3ccc(F)cc32)c1. The predicted octanol–water partition coefficient (Wildman–Crippen LogP) is 4.37. The first-order valence-electron chi connectivity index (χ1n) is 11.7. The number of hydrogen-bond donors (Lipinski definition) is 3. The smallest absolute Gasteiger partial charge is 0.252 e. The minimum absolute atomic E-state index is 0.0354. The van der Waals surface area contributed by atoms with E-state index in [1.54, 1.807) is 30.3 Å². The average molecular weight is 481 g/mol. The molecule has 8 heteroatoms. The van der Waals surface area contributed by atoms with Gasteiger partial charge in [-0.05, 0) is 60.2 Å². The number of nitriles is 1. The van der Waals surface area contributed by atoms with E-state index >= 15 is 0 Å². The van der Waals surface area contributed by atoms with E-state index in [0.29, 0.717) is 30.7 Å². The zero-order chi connectivity index (χ0) is 25.6. The van der Waals surface area contributed by atoms with Gasteiger partial charge in [-0.3, -0.25) is 9.59 Å². The van der Waals surface area contributed by atoms with E-state index in [1.165, 1.54) is 19.2 Å². The molecule has 3 N–H and O–H groups in total. The number of carbonyl (C=O) groups is 2. The molecule has 1 unspecified atom stereocenters. The summed E-state index contributed by atoms with van der Waals surface area (Å²) in [6.07, 6.45) is 1.00. The number of nitrogens with one attached hydrogen (secondary N) is 3. The second-order valence-corrected chi connectivity index (χ2v) is 10.1. The topological polar surface area (TPSA) is 103 Å². The van der Waals surface area contributed by atoms with Crippen LogP contribution in [0.3, 0.4) is 0 Å². The van der Waals surface area contributed by atoms with Gasteiger partial charge in [-0.2, -0.15) is 5.26 Å². The van der Waals surface area contributed by atoms with Gasteiger partial charge in [0.25, 0.3) is 5.91 Å². The molecule has 0 spiro atoms. The molecular weight excluding hydrogens is 447 g/mol. The third-order valence-electron chi connectivity index (χ3n) is 6.02. The van der Waals surface area contributed by atoms with Crippen LogP contribution in [-0.4, -0.2) is 37.6 Å². The largest absolute Gasteiger partial charge is 0.497 e. The van der Waals surface area contributed by atoms with Crippen molar-refractivity contribution in [3.05, 3.63) is 59.4 Å². The van der Waals surface area contributed by atoms with Crippen LogP contribution in [0.25, 0.3) is 0 Å². The summed E-state index contributed by atoms with van der Waals surface area (Å²) in [6.45, 7) is 6.59. The normalized spacial score (nSPS) is 16.3. The summed E-state index contributed by atoms with van der Waals surface area (Å²) in [7, 11) is 1.52. The molecule has 0 aliphatic carbocycles. The maximum Gasteiger partial charge on any atom is 0.252 e. The Bertz CT molecular complexity index is 1110. The van der Waals surface area contributed by atoms with Crippen LogP contribution in [-0.2, 0) is 4.79 Å². The molecule has 0 fully saturated rings. The number of nitrogens with zero attached hydrogens (tertiary/aromatic N) is 1. The highest BCUT2D eigenvalue weighted by atomic mass is 19.1. The Morgan fingerprint density at radius 3 is 2.69 bits per heavy atom. The second-order valence-electron chi connectivity index (χ2n) is 10.1. The van der Waals surface area contributed by atoms with Gasteiger partial charge in [-0.15, -0.1) is 0 Å². The maximum atomic E-state index is 13.8. The van der Waals surface area contributed by atoms with Gasteiger partial charge in [-0.25, -0.2) is 4.39 Å². The van der Waals surface area contributed by atoms with Crippen LogP contribution < -0.4 is 20.7 Å². The number of methoxy groups -OCH3 is 1. The summed E-state index contributed by atoms with van der Waals surface area (Å²) in [5.74, 6) is -0.530. The number of benzene rings is 2. The Kier molecular flexibility index (Phi) is 8.34. The quantitative estimate of drug-likeness (QED) is 0.495. The fourth-order valence-corrected chi connectivity index (χ4v) is 4.36. The fraction of sp³-hybridized carbons (Fsp3) is 0.444. The zero-order valence-corrected chi connectivity index (χ0v) is 20.7. The third kappa shape index (κ3) is 7.19. The van der Waals surface area contributed by atoms with Gasteiger partial charge in [0.1, 0.15) is 17.6 Å². The Morgan fingerprint density at radius 1 is 1.23 bits per heavy atom. The van der Waals surface area contributed by atoms with Crippen LogP contribution in [0, 0.1) is 22.6 Å². The molecule has 0 saturated heterocycles. The van der Waals surface area contributed by atoms with Crippen LogP contribution in [0.15, 0.2) is 42.5 Å². The highest BCUT2D eigenvalue weighted by Crippen LogP contribution is 2.35. The van der Waals surface area contributed by atoms with Crippen molar-refractivity contribution < 1.29 is 18.7 Å². The van der Waals surface area contributed by atoms with E-state index in [9.17, 15) is 19.2 Å². The minimum Gasteiger partial charge on any atom is -0.497 e. The first kappa shape index (κ1) is 26.0. The third-order valence-corrected chi connectivity index (χ3v) is 6.02. The number of anilines is 1. The Morgan fingerprint density at radius 2 is 2.00 bits per heavy atom. The first-order chi connectivity index (χ1) is 16.6. The lowest BCUT2D eigenvalue weighted by Crippen LogP contribution is -2.51. The summed E-state index contributed by atoms with van der Waals surface area (Å²) in [6, 6.07) is 12.3. The molecule has 1 aliphatic rings. The van der Waals surface area contributed by atoms with Gasteiger partial charge < -0.3 is 20.7 Å². The van der Waals surface area contributed by atoms with E-state index in [-0.39, 0.29) is 35.4 Å². The van der Waals surface area contributed by atoms with Gasteiger partial charge in [-0.1, -0.05) is 26.8 Å². The Labute approximate surface area is 206 Å². The number of ether oxygens (including phenoxy) is 1. The molecular formula is C27H33FN4O3. The number of rotatable bonds is 9. The van der Waals surface area contributed by atoms with Crippen molar-refractivity contribution in [2.45, 2.75) is 58.0 Å². The predicted molar refractivity (Wildman–Crippen MR) is 133 cm³/mol. The van der Waals surface area contributed by atoms with E-state index in [0.717, 1.165) is 11.3 Å². The van der Waals surface area contributed by atoms with Crippen molar-refractivity contribution in [1.29, 1.82) is 5.26 Å². The van der Waals surface area contributed by atoms with Crippen LogP contribution >= 0.6 is 0 Å². The van der Waals surface area contributed by atoms with Gasteiger partial charge in [0.15, 0.2) is 0 Å². The lowest BCUT2D eigenvalue weighted by Gasteiger charge is -2.28. The zero-order valence-electron chi connectivity index (χ0n) is 20.7. The van der Waals surface area contributed by atoms with Crippen molar-refractivity contribution >= 4 is 17.5 Å². The molecule has 0 radical (unpaired) electrons. The molecule has 35 heavy (non-hydrogen) atoms. The van der Waals surface area contributed by atoms with E-state index in [1.807, 2.05) is 20.8 Å². The van der Waals surface area contributed by atoms with Crippen LogP contribution in [0.4, 0.5) is 10.1 Å². The molecule has 1 aliphatic heterocycles. The lowest BCUT2D eigenvalue weighted by molar-refractivity contribution is -0.124. The average Bonchev–Trinajstić information content (AvgIpc) is 3.19. The summed E-state index contributed by atoms with van der Waals surface area (Å²) in [5.41, 5.74) is 1.87. The lowest BCUT2D eigenvalue weighted by atomic mass is 9.87. The summed E-state index contributed by atoms with van der Waals surface area (Å²) in [4.78, 5) is 26.3. The summed E-state index contributed by atoms with van der Waals surface area (Å²) >= 11 is 0. The number of amides is 2. The van der Waals surface area contributed by atoms with Gasteiger partial charge >= 0.3 is 0 Å². The molecule has 3 atom stereocenters. The number of carbonyl (C=O) groups excluding carboxylic acids is 2. The van der Waals surface area contributed by atoms with Crippen LogP contribution in [0.5, 0.6) is 5.75 Å². The molecule has 7 nitrogen and oxygen atoms in total. The van der Waals surface area contributed by atoms with Crippen molar-refractivity contribution in [2.24, 2.45) is 5.41 Å². The molecule has 186 valence electrons. The standard InChI is InChI=1S/C27H33FN4O3/c1-27(2,3)15-24(32-25(33)17-6-5-7-21(13-17)35-4)26(34)31-20(10-11-29)12-18-16-30-23-9-8-19(28)14-22(18)23/h5-9,13-14,18,20,24,30H,10,12,15-16H2,1-4H3,(H,31,34)(H,32,33)/t18?,20-,24+/m1/s1. The van der Waals surface area contributed by atoms with E-state index in [2.05, 4.69) is 22.0 Å². The summed E-state index contributed by atoms with van der Waals surface area (Å²) in [5, 5.41) is 18.5. The number of fused-ring (bicyclic) bond motifs is 1. The highest BCUT2D eigenvalue weighted by molar-refractivity contribution is 5.97. The first-order valence-corrected chi connectivity index (χ1v) is 11.7. The van der Waals surface area contributed by atoms with Crippen LogP contribution in [0.1, 0.15) is 61.9 Å². The van der Waals surface area contributed by atoms with E-state index in [4.69, 9.17) is 4.74 Å². The molecule has 1 heterocycles. The molecule has 3 rings (SSSR count). The van der Waals surface area contributed by atoms with Crippen molar-refractivity contribution in [1.82, 2.24) is 10.6 Å². The van der Waals surface area contributed by atoms with Gasteiger partial charge in [0, 0.05) is 29.8 Å². The minimum atomic E-state index is -0.790. The second kappa shape index (κ2) is 11.2. The summed E-state index contributed by atoms with van der Waals surface area (Å²) < 4.78 is 19.0. The Balaban J connectivity index is 1.74. The molecule has 0 aromatic heterocycles. The van der Waals surface area contributed by atoms with Gasteiger partial charge in [0.05, 0.1) is 19.6 Å². The van der Waals surface area contributed by atoms with Crippen molar-refractivity contribution in [2.75, 3.05) is 19.0 Å². The monoisotopic (exact) mass is 480 g/mol. The molecule has 0 saturated carbocycles. The maximum absolute atomic E-state index is 13.8. The van der Waals surface area contributed by atoms with Crippen molar-refractivity contribution in [3.8, 4) is 11.8 Å². The van der Waals surface area contributed by atoms with E-state index < -0.39 is 12.1 Å². The Hall–Kier alpha value is -3.60. The highest BCUT2D eigenvalue weighted by Gasteiger charge is 2.31. The van der Waals surface area contributed by atoms with Crippen LogP contribution in [0.2, 0.25) is 0 Å². The molecule has 2 aromatic carbocycles. The molecule has 2 amide bonds. The van der Waals surface area contributed by atoms with Crippen molar-refractivity contribution in [3.63, 3.8) is 0 Å². The van der Waals surface area contributed by atoms with Gasteiger partial charge in [0.2, 0.25) is 5.91 Å². The molecule has 0 bridgehead atoms. The number of halogens is 1.